The molecule has 158 valence electrons. The minimum atomic E-state index is -0.0262. The number of aryl methyl sites for hydroxylation is 1. The molecule has 2 aromatic carbocycles. The van der Waals surface area contributed by atoms with E-state index < -0.39 is 0 Å². The third-order valence-electron chi connectivity index (χ3n) is 4.70. The molecule has 0 spiro atoms. The molecule has 1 N–H and O–H groups in total. The molecule has 0 bridgehead atoms. The number of aromatic nitrogens is 3. The van der Waals surface area contributed by atoms with E-state index >= 15 is 0 Å². The number of hydrogen-bond acceptors (Lipinski definition) is 5. The van der Waals surface area contributed by atoms with Gasteiger partial charge in [0.05, 0.1) is 24.6 Å². The van der Waals surface area contributed by atoms with Crippen LogP contribution in [0, 0.1) is 12.8 Å². The van der Waals surface area contributed by atoms with E-state index in [1.54, 1.807) is 7.11 Å². The van der Waals surface area contributed by atoms with E-state index in [1.165, 1.54) is 11.8 Å². The Balaban J connectivity index is 1.72. The average Bonchev–Trinajstić information content (AvgIpc) is 3.12. The van der Waals surface area contributed by atoms with Crippen LogP contribution in [0.25, 0.3) is 5.69 Å². The summed E-state index contributed by atoms with van der Waals surface area (Å²) in [6.07, 6.45) is 0.886. The van der Waals surface area contributed by atoms with Gasteiger partial charge in [-0.1, -0.05) is 68.1 Å². The topological polar surface area (TPSA) is 69.0 Å². The van der Waals surface area contributed by atoms with Gasteiger partial charge in [0.1, 0.15) is 11.6 Å². The molecule has 1 aromatic heterocycles. The van der Waals surface area contributed by atoms with Crippen molar-refractivity contribution < 1.29 is 9.53 Å². The maximum atomic E-state index is 12.7. The predicted molar refractivity (Wildman–Crippen MR) is 120 cm³/mol. The zero-order valence-electron chi connectivity index (χ0n) is 17.8. The van der Waals surface area contributed by atoms with Gasteiger partial charge in [-0.2, -0.15) is 0 Å². The first-order valence-corrected chi connectivity index (χ1v) is 11.0. The second kappa shape index (κ2) is 10.3. The molecule has 1 heterocycles. The van der Waals surface area contributed by atoms with Crippen molar-refractivity contribution >= 4 is 17.7 Å². The first-order chi connectivity index (χ1) is 14.5. The molecule has 7 heteroatoms. The van der Waals surface area contributed by atoms with Gasteiger partial charge in [-0.25, -0.2) is 0 Å². The monoisotopic (exact) mass is 424 g/mol. The van der Waals surface area contributed by atoms with Crippen molar-refractivity contribution in [3.63, 3.8) is 0 Å². The van der Waals surface area contributed by atoms with Gasteiger partial charge >= 0.3 is 0 Å². The molecule has 0 aliphatic carbocycles. The predicted octanol–water partition coefficient (Wildman–Crippen LogP) is 4.58. The summed E-state index contributed by atoms with van der Waals surface area (Å²) in [6.45, 7) is 6.21. The zero-order chi connectivity index (χ0) is 21.5. The highest BCUT2D eigenvalue weighted by molar-refractivity contribution is 7.99. The molecule has 3 rings (SSSR count). The van der Waals surface area contributed by atoms with Crippen LogP contribution in [0.2, 0.25) is 0 Å². The van der Waals surface area contributed by atoms with Crippen molar-refractivity contribution in [2.24, 2.45) is 5.92 Å². The second-order valence-electron chi connectivity index (χ2n) is 7.49. The van der Waals surface area contributed by atoms with Gasteiger partial charge in [0.15, 0.2) is 5.16 Å². The van der Waals surface area contributed by atoms with Gasteiger partial charge in [0, 0.05) is 0 Å². The van der Waals surface area contributed by atoms with E-state index in [9.17, 15) is 4.79 Å². The van der Waals surface area contributed by atoms with Gasteiger partial charge in [-0.15, -0.1) is 10.2 Å². The third kappa shape index (κ3) is 5.42. The minimum absolute atomic E-state index is 0.00637. The van der Waals surface area contributed by atoms with Gasteiger partial charge in [-0.3, -0.25) is 9.36 Å². The Morgan fingerprint density at radius 3 is 2.50 bits per heavy atom. The van der Waals surface area contributed by atoms with Gasteiger partial charge in [-0.05, 0) is 37.0 Å². The summed E-state index contributed by atoms with van der Waals surface area (Å²) in [6, 6.07) is 17.8. The molecule has 6 nitrogen and oxygen atoms in total. The fraction of sp³-hybridized carbons (Fsp3) is 0.348. The van der Waals surface area contributed by atoms with Gasteiger partial charge in [0.2, 0.25) is 5.91 Å². The van der Waals surface area contributed by atoms with Crippen LogP contribution < -0.4 is 10.1 Å². The normalized spacial score (nSPS) is 12.0. The highest BCUT2D eigenvalue weighted by Crippen LogP contribution is 2.28. The quantitative estimate of drug-likeness (QED) is 0.509. The van der Waals surface area contributed by atoms with Crippen LogP contribution in [0.3, 0.4) is 0 Å². The Labute approximate surface area is 182 Å². The number of ether oxygens (including phenoxy) is 1. The van der Waals surface area contributed by atoms with Crippen molar-refractivity contribution in [1.29, 1.82) is 0 Å². The van der Waals surface area contributed by atoms with Crippen molar-refractivity contribution in [1.82, 2.24) is 20.1 Å². The summed E-state index contributed by atoms with van der Waals surface area (Å²) in [5.74, 6) is 2.17. The standard InChI is InChI=1S/C23H28N4O2S/c1-16(2)14-19(18-10-6-5-7-11-18)24-22(28)15-30-23-26-25-17(3)27(23)20-12-8-9-13-21(20)29-4/h5-13,16,19H,14-15H2,1-4H3,(H,24,28). The van der Waals surface area contributed by atoms with Crippen LogP contribution in [0.15, 0.2) is 59.8 Å². The van der Waals surface area contributed by atoms with E-state index in [2.05, 4.69) is 41.5 Å². The first kappa shape index (κ1) is 21.9. The summed E-state index contributed by atoms with van der Waals surface area (Å²) < 4.78 is 7.39. The first-order valence-electron chi connectivity index (χ1n) is 10.0. The summed E-state index contributed by atoms with van der Waals surface area (Å²) in [5.41, 5.74) is 1.98. The molecule has 0 aliphatic rings. The van der Waals surface area contributed by atoms with E-state index in [-0.39, 0.29) is 17.7 Å². The number of carbonyl (C=O) groups excluding carboxylic acids is 1. The number of nitrogens with zero attached hydrogens (tertiary/aromatic N) is 3. The number of rotatable bonds is 9. The average molecular weight is 425 g/mol. The molecule has 0 saturated heterocycles. The lowest BCUT2D eigenvalue weighted by atomic mass is 9.97. The molecule has 0 fully saturated rings. The summed E-state index contributed by atoms with van der Waals surface area (Å²) >= 11 is 1.37. The highest BCUT2D eigenvalue weighted by Gasteiger charge is 2.19. The molecule has 0 aliphatic heterocycles. The summed E-state index contributed by atoms with van der Waals surface area (Å²) in [4.78, 5) is 12.7. The minimum Gasteiger partial charge on any atom is -0.495 e. The third-order valence-corrected chi connectivity index (χ3v) is 5.63. The van der Waals surface area contributed by atoms with Gasteiger partial charge in [0.25, 0.3) is 0 Å². The largest absolute Gasteiger partial charge is 0.495 e. The van der Waals surface area contributed by atoms with Gasteiger partial charge < -0.3 is 10.1 Å². The van der Waals surface area contributed by atoms with Crippen LogP contribution >= 0.6 is 11.8 Å². The van der Waals surface area contributed by atoms with Crippen molar-refractivity contribution in [3.05, 3.63) is 66.0 Å². The fourth-order valence-corrected chi connectivity index (χ4v) is 4.13. The van der Waals surface area contributed by atoms with Crippen molar-refractivity contribution in [2.45, 2.75) is 38.4 Å². The molecule has 0 saturated carbocycles. The van der Waals surface area contributed by atoms with Crippen LogP contribution in [0.4, 0.5) is 0 Å². The number of para-hydroxylation sites is 2. The lowest BCUT2D eigenvalue weighted by Gasteiger charge is -2.21. The molecule has 1 atom stereocenters. The SMILES string of the molecule is COc1ccccc1-n1c(C)nnc1SCC(=O)NC(CC(C)C)c1ccccc1. The molecule has 0 radical (unpaired) electrons. The Bertz CT molecular complexity index is 972. The molecular formula is C23H28N4O2S. The fourth-order valence-electron chi connectivity index (χ4n) is 3.33. The van der Waals surface area contributed by atoms with Crippen LogP contribution in [0.5, 0.6) is 5.75 Å². The number of thioether (sulfide) groups is 1. The lowest BCUT2D eigenvalue weighted by molar-refractivity contribution is -0.119. The van der Waals surface area contributed by atoms with E-state index in [0.717, 1.165) is 29.2 Å². The number of methoxy groups -OCH3 is 1. The smallest absolute Gasteiger partial charge is 0.230 e. The molecular weight excluding hydrogens is 396 g/mol. The Kier molecular flexibility index (Phi) is 7.52. The van der Waals surface area contributed by atoms with E-state index in [4.69, 9.17) is 4.74 Å². The van der Waals surface area contributed by atoms with Crippen molar-refractivity contribution in [3.8, 4) is 11.4 Å². The highest BCUT2D eigenvalue weighted by atomic mass is 32.2. The lowest BCUT2D eigenvalue weighted by Crippen LogP contribution is -2.31. The number of carbonyl (C=O) groups is 1. The zero-order valence-corrected chi connectivity index (χ0v) is 18.6. The molecule has 30 heavy (non-hydrogen) atoms. The molecule has 1 amide bonds. The number of nitrogens with one attached hydrogen (secondary N) is 1. The van der Waals surface area contributed by atoms with E-state index in [0.29, 0.717) is 11.1 Å². The molecule has 3 aromatic rings. The van der Waals surface area contributed by atoms with Crippen LogP contribution in [-0.2, 0) is 4.79 Å². The summed E-state index contributed by atoms with van der Waals surface area (Å²) in [7, 11) is 1.64. The second-order valence-corrected chi connectivity index (χ2v) is 8.43. The summed E-state index contributed by atoms with van der Waals surface area (Å²) in [5, 5.41) is 12.3. The number of amides is 1. The number of benzene rings is 2. The Morgan fingerprint density at radius 2 is 1.80 bits per heavy atom. The van der Waals surface area contributed by atoms with Crippen LogP contribution in [-0.4, -0.2) is 33.5 Å². The Morgan fingerprint density at radius 1 is 1.10 bits per heavy atom. The molecule has 1 unspecified atom stereocenters. The maximum Gasteiger partial charge on any atom is 0.230 e. The maximum absolute atomic E-state index is 12.7. The van der Waals surface area contributed by atoms with E-state index in [1.807, 2.05) is 54.0 Å². The van der Waals surface area contributed by atoms with Crippen molar-refractivity contribution in [2.75, 3.05) is 12.9 Å². The Hall–Kier alpha value is -2.80. The number of hydrogen-bond donors (Lipinski definition) is 1. The van der Waals surface area contributed by atoms with Crippen LogP contribution in [0.1, 0.15) is 37.7 Å².